The van der Waals surface area contributed by atoms with Crippen molar-refractivity contribution in [3.8, 4) is 0 Å². The number of rotatable bonds is 3. The maximum absolute atomic E-state index is 6.48. The van der Waals surface area contributed by atoms with Gasteiger partial charge in [-0.1, -0.05) is 35.3 Å². The molecule has 0 radical (unpaired) electrons. The minimum atomic E-state index is 0.217. The van der Waals surface area contributed by atoms with Gasteiger partial charge in [-0.15, -0.1) is 11.3 Å². The number of hydrogen-bond acceptors (Lipinski definition) is 3. The Morgan fingerprint density at radius 1 is 1.14 bits per heavy atom. The van der Waals surface area contributed by atoms with Crippen LogP contribution in [-0.4, -0.2) is 31.1 Å². The Bertz CT molecular complexity index is 578. The molecule has 112 valence electrons. The molecule has 1 fully saturated rings. The molecule has 1 saturated heterocycles. The SMILES string of the molecule is Clc1ccc(C(c2cccs2)N2CCCNCC2)c(Cl)c1. The quantitative estimate of drug-likeness (QED) is 0.888. The molecule has 2 heterocycles. The number of benzene rings is 1. The molecule has 3 rings (SSSR count). The zero-order valence-corrected chi connectivity index (χ0v) is 14.0. The third-order valence-corrected chi connectivity index (χ3v) is 5.30. The van der Waals surface area contributed by atoms with E-state index in [-0.39, 0.29) is 6.04 Å². The molecule has 1 aliphatic heterocycles. The van der Waals surface area contributed by atoms with Crippen molar-refractivity contribution in [1.29, 1.82) is 0 Å². The smallest absolute Gasteiger partial charge is 0.0711 e. The maximum Gasteiger partial charge on any atom is 0.0711 e. The van der Waals surface area contributed by atoms with E-state index in [0.717, 1.165) is 43.2 Å². The van der Waals surface area contributed by atoms with Crippen molar-refractivity contribution >= 4 is 34.5 Å². The molecular weight excluding hydrogens is 323 g/mol. The lowest BCUT2D eigenvalue weighted by atomic mass is 10.0. The van der Waals surface area contributed by atoms with Crippen LogP contribution in [0.5, 0.6) is 0 Å². The van der Waals surface area contributed by atoms with E-state index in [1.54, 1.807) is 11.3 Å². The van der Waals surface area contributed by atoms with Gasteiger partial charge in [-0.05, 0) is 42.1 Å². The van der Waals surface area contributed by atoms with E-state index in [4.69, 9.17) is 23.2 Å². The lowest BCUT2D eigenvalue weighted by molar-refractivity contribution is 0.244. The molecule has 5 heteroatoms. The molecule has 1 aliphatic rings. The van der Waals surface area contributed by atoms with Crippen LogP contribution in [0.2, 0.25) is 10.0 Å². The number of thiophene rings is 1. The summed E-state index contributed by atoms with van der Waals surface area (Å²) in [6.45, 7) is 4.21. The highest BCUT2D eigenvalue weighted by atomic mass is 35.5. The van der Waals surface area contributed by atoms with Crippen molar-refractivity contribution in [2.24, 2.45) is 0 Å². The summed E-state index contributed by atoms with van der Waals surface area (Å²) in [6.07, 6.45) is 1.16. The van der Waals surface area contributed by atoms with E-state index in [1.807, 2.05) is 12.1 Å². The van der Waals surface area contributed by atoms with Gasteiger partial charge in [0.2, 0.25) is 0 Å². The van der Waals surface area contributed by atoms with Crippen LogP contribution in [0.25, 0.3) is 0 Å². The average molecular weight is 341 g/mol. The third-order valence-electron chi connectivity index (χ3n) is 3.81. The molecule has 0 saturated carbocycles. The number of nitrogens with zero attached hydrogens (tertiary/aromatic N) is 1. The summed E-state index contributed by atoms with van der Waals surface area (Å²) in [5, 5.41) is 7.02. The summed E-state index contributed by atoms with van der Waals surface area (Å²) in [5.74, 6) is 0. The molecule has 21 heavy (non-hydrogen) atoms. The van der Waals surface area contributed by atoms with Crippen LogP contribution in [-0.2, 0) is 0 Å². The number of nitrogens with one attached hydrogen (secondary N) is 1. The highest BCUT2D eigenvalue weighted by Crippen LogP contribution is 2.36. The lowest BCUT2D eigenvalue weighted by Crippen LogP contribution is -2.32. The van der Waals surface area contributed by atoms with Crippen LogP contribution in [0.15, 0.2) is 35.7 Å². The molecule has 1 aromatic carbocycles. The van der Waals surface area contributed by atoms with E-state index in [0.29, 0.717) is 5.02 Å². The lowest BCUT2D eigenvalue weighted by Gasteiger charge is -2.30. The maximum atomic E-state index is 6.48. The highest BCUT2D eigenvalue weighted by Gasteiger charge is 2.25. The molecule has 2 aromatic rings. The summed E-state index contributed by atoms with van der Waals surface area (Å²) in [4.78, 5) is 3.85. The zero-order valence-electron chi connectivity index (χ0n) is 11.7. The van der Waals surface area contributed by atoms with Crippen molar-refractivity contribution in [3.05, 3.63) is 56.2 Å². The Hall–Kier alpha value is -0.580. The van der Waals surface area contributed by atoms with Crippen LogP contribution >= 0.6 is 34.5 Å². The van der Waals surface area contributed by atoms with Gasteiger partial charge in [0, 0.05) is 34.6 Å². The second-order valence-corrected chi connectivity index (χ2v) is 7.05. The van der Waals surface area contributed by atoms with Gasteiger partial charge in [0.15, 0.2) is 0 Å². The molecule has 1 unspecified atom stereocenters. The molecule has 0 spiro atoms. The monoisotopic (exact) mass is 340 g/mol. The van der Waals surface area contributed by atoms with Crippen LogP contribution in [0.4, 0.5) is 0 Å². The van der Waals surface area contributed by atoms with E-state index < -0.39 is 0 Å². The molecule has 0 bridgehead atoms. The van der Waals surface area contributed by atoms with Gasteiger partial charge in [-0.3, -0.25) is 4.90 Å². The minimum absolute atomic E-state index is 0.217. The van der Waals surface area contributed by atoms with Gasteiger partial charge in [0.1, 0.15) is 0 Å². The van der Waals surface area contributed by atoms with Gasteiger partial charge in [0.05, 0.1) is 6.04 Å². The summed E-state index contributed by atoms with van der Waals surface area (Å²) < 4.78 is 0. The molecule has 1 aromatic heterocycles. The topological polar surface area (TPSA) is 15.3 Å². The Balaban J connectivity index is 1.99. The van der Waals surface area contributed by atoms with Crippen molar-refractivity contribution < 1.29 is 0 Å². The van der Waals surface area contributed by atoms with Crippen LogP contribution in [0.3, 0.4) is 0 Å². The van der Waals surface area contributed by atoms with E-state index in [2.05, 4.69) is 33.8 Å². The fourth-order valence-corrected chi connectivity index (χ4v) is 4.21. The van der Waals surface area contributed by atoms with Crippen molar-refractivity contribution in [1.82, 2.24) is 10.2 Å². The zero-order chi connectivity index (χ0) is 14.7. The Kier molecular flexibility index (Phi) is 5.19. The predicted molar refractivity (Wildman–Crippen MR) is 91.7 cm³/mol. The normalized spacial score (nSPS) is 18.4. The molecule has 1 atom stereocenters. The Labute approximate surface area is 139 Å². The van der Waals surface area contributed by atoms with E-state index >= 15 is 0 Å². The molecule has 1 N–H and O–H groups in total. The second kappa shape index (κ2) is 7.12. The largest absolute Gasteiger partial charge is 0.315 e. The summed E-state index contributed by atoms with van der Waals surface area (Å²) in [6, 6.07) is 10.3. The standard InChI is InChI=1S/C16H18Cl2N2S/c17-12-4-5-13(14(18)11-12)16(15-3-1-10-21-15)20-8-2-6-19-7-9-20/h1,3-5,10-11,16,19H,2,6-9H2. The van der Waals surface area contributed by atoms with E-state index in [1.165, 1.54) is 4.88 Å². The first-order valence-electron chi connectivity index (χ1n) is 7.19. The van der Waals surface area contributed by atoms with Gasteiger partial charge in [0.25, 0.3) is 0 Å². The second-order valence-electron chi connectivity index (χ2n) is 5.22. The number of hydrogen-bond donors (Lipinski definition) is 1. The van der Waals surface area contributed by atoms with Gasteiger partial charge in [-0.25, -0.2) is 0 Å². The summed E-state index contributed by atoms with van der Waals surface area (Å²) >= 11 is 14.3. The predicted octanol–water partition coefficient (Wildman–Crippen LogP) is 4.44. The first-order chi connectivity index (χ1) is 10.3. The first-order valence-corrected chi connectivity index (χ1v) is 8.82. The number of halogens is 2. The summed E-state index contributed by atoms with van der Waals surface area (Å²) in [7, 11) is 0. The van der Waals surface area contributed by atoms with E-state index in [9.17, 15) is 0 Å². The Morgan fingerprint density at radius 2 is 2.05 bits per heavy atom. The molecule has 0 amide bonds. The van der Waals surface area contributed by atoms with Crippen molar-refractivity contribution in [2.45, 2.75) is 12.5 Å². The molecular formula is C16H18Cl2N2S. The van der Waals surface area contributed by atoms with Crippen molar-refractivity contribution in [3.63, 3.8) is 0 Å². The fourth-order valence-electron chi connectivity index (χ4n) is 2.82. The van der Waals surface area contributed by atoms with Gasteiger partial charge < -0.3 is 5.32 Å². The third kappa shape index (κ3) is 3.61. The average Bonchev–Trinajstić information content (AvgIpc) is 2.85. The fraction of sp³-hybridized carbons (Fsp3) is 0.375. The molecule has 2 nitrogen and oxygen atoms in total. The van der Waals surface area contributed by atoms with Crippen LogP contribution in [0.1, 0.15) is 22.9 Å². The van der Waals surface area contributed by atoms with Crippen molar-refractivity contribution in [2.75, 3.05) is 26.2 Å². The molecule has 0 aliphatic carbocycles. The van der Waals surface area contributed by atoms with Gasteiger partial charge >= 0.3 is 0 Å². The highest BCUT2D eigenvalue weighted by molar-refractivity contribution is 7.10. The minimum Gasteiger partial charge on any atom is -0.315 e. The Morgan fingerprint density at radius 3 is 2.81 bits per heavy atom. The summed E-state index contributed by atoms with van der Waals surface area (Å²) in [5.41, 5.74) is 1.14. The van der Waals surface area contributed by atoms with Crippen LogP contribution in [0, 0.1) is 0 Å². The first kappa shape index (κ1) is 15.3. The van der Waals surface area contributed by atoms with Gasteiger partial charge in [-0.2, -0.15) is 0 Å². The van der Waals surface area contributed by atoms with Crippen LogP contribution < -0.4 is 5.32 Å².